The number of piperidine rings is 1. The molecule has 0 spiro atoms. The van der Waals surface area contributed by atoms with E-state index in [9.17, 15) is 4.79 Å². The van der Waals surface area contributed by atoms with Crippen molar-refractivity contribution >= 4 is 21.8 Å². The van der Waals surface area contributed by atoms with Crippen molar-refractivity contribution in [3.63, 3.8) is 0 Å². The van der Waals surface area contributed by atoms with Crippen molar-refractivity contribution in [1.82, 2.24) is 15.5 Å². The lowest BCUT2D eigenvalue weighted by molar-refractivity contribution is -0.123. The largest absolute Gasteiger partial charge is 0.348 e. The van der Waals surface area contributed by atoms with Crippen molar-refractivity contribution in [2.75, 3.05) is 32.7 Å². The zero-order chi connectivity index (χ0) is 16.7. The van der Waals surface area contributed by atoms with Gasteiger partial charge in [-0.1, -0.05) is 35.0 Å². The summed E-state index contributed by atoms with van der Waals surface area (Å²) in [6, 6.07) is 8.14. The zero-order valence-electron chi connectivity index (χ0n) is 14.1. The standard InChI is InChI=1S/C18H28BrN3O/c1-3-20-12-15-8-10-22(11-9-15)13-18(23)21-14(2)16-4-6-17(19)7-5-16/h4-7,14-15,20H,3,8-13H2,1-2H3,(H,21,23). The molecule has 1 amide bonds. The first-order valence-corrected chi connectivity index (χ1v) is 9.35. The molecule has 1 heterocycles. The lowest BCUT2D eigenvalue weighted by Crippen LogP contribution is -2.43. The lowest BCUT2D eigenvalue weighted by Gasteiger charge is -2.31. The van der Waals surface area contributed by atoms with Gasteiger partial charge in [0, 0.05) is 4.47 Å². The number of benzene rings is 1. The summed E-state index contributed by atoms with van der Waals surface area (Å²) in [4.78, 5) is 14.5. The fourth-order valence-electron chi connectivity index (χ4n) is 3.02. The first-order valence-electron chi connectivity index (χ1n) is 8.56. The third kappa shape index (κ3) is 6.24. The van der Waals surface area contributed by atoms with Gasteiger partial charge in [0.1, 0.15) is 0 Å². The molecule has 128 valence electrons. The van der Waals surface area contributed by atoms with Crippen molar-refractivity contribution in [3.8, 4) is 0 Å². The second-order valence-electron chi connectivity index (χ2n) is 6.37. The Bertz CT molecular complexity index is 484. The van der Waals surface area contributed by atoms with Gasteiger partial charge in [0.15, 0.2) is 0 Å². The number of halogens is 1. The molecule has 5 heteroatoms. The minimum atomic E-state index is 0.0434. The number of likely N-dealkylation sites (tertiary alicyclic amines) is 1. The summed E-state index contributed by atoms with van der Waals surface area (Å²) in [6.07, 6.45) is 2.37. The molecule has 0 saturated carbocycles. The number of hydrogen-bond acceptors (Lipinski definition) is 3. The van der Waals surface area contributed by atoms with Crippen molar-refractivity contribution < 1.29 is 4.79 Å². The Balaban J connectivity index is 1.72. The van der Waals surface area contributed by atoms with Gasteiger partial charge in [0.05, 0.1) is 12.6 Å². The van der Waals surface area contributed by atoms with Gasteiger partial charge in [-0.3, -0.25) is 9.69 Å². The minimum absolute atomic E-state index is 0.0434. The van der Waals surface area contributed by atoms with Crippen LogP contribution in [0.3, 0.4) is 0 Å². The second-order valence-corrected chi connectivity index (χ2v) is 7.28. The highest BCUT2D eigenvalue weighted by Gasteiger charge is 2.21. The molecule has 1 atom stereocenters. The van der Waals surface area contributed by atoms with Crippen LogP contribution in [0.15, 0.2) is 28.7 Å². The summed E-state index contributed by atoms with van der Waals surface area (Å²) >= 11 is 3.43. The first kappa shape index (κ1) is 18.4. The molecule has 1 aromatic carbocycles. The van der Waals surface area contributed by atoms with Crippen molar-refractivity contribution in [2.45, 2.75) is 32.7 Å². The number of rotatable bonds is 7. The number of hydrogen-bond donors (Lipinski definition) is 2. The van der Waals surface area contributed by atoms with Crippen molar-refractivity contribution in [3.05, 3.63) is 34.3 Å². The zero-order valence-corrected chi connectivity index (χ0v) is 15.7. The maximum absolute atomic E-state index is 12.2. The predicted octanol–water partition coefficient (Wildman–Crippen LogP) is 2.95. The lowest BCUT2D eigenvalue weighted by atomic mass is 9.97. The van der Waals surface area contributed by atoms with E-state index in [2.05, 4.69) is 38.4 Å². The molecule has 23 heavy (non-hydrogen) atoms. The summed E-state index contributed by atoms with van der Waals surface area (Å²) in [7, 11) is 0. The van der Waals surface area contributed by atoms with Crippen LogP contribution in [0.25, 0.3) is 0 Å². The molecule has 1 unspecified atom stereocenters. The molecule has 0 bridgehead atoms. The molecule has 1 aliphatic heterocycles. The number of carbonyl (C=O) groups is 1. The van der Waals surface area contributed by atoms with Gasteiger partial charge in [-0.05, 0) is 69.6 Å². The van der Waals surface area contributed by atoms with Crippen LogP contribution >= 0.6 is 15.9 Å². The number of carbonyl (C=O) groups excluding carboxylic acids is 1. The quantitative estimate of drug-likeness (QED) is 0.762. The van der Waals surface area contributed by atoms with Crippen LogP contribution in [0, 0.1) is 5.92 Å². The highest BCUT2D eigenvalue weighted by molar-refractivity contribution is 9.10. The molecule has 0 aromatic heterocycles. The maximum Gasteiger partial charge on any atom is 0.234 e. The van der Waals surface area contributed by atoms with E-state index in [1.165, 1.54) is 12.8 Å². The summed E-state index contributed by atoms with van der Waals surface area (Å²) in [5, 5.41) is 6.52. The van der Waals surface area contributed by atoms with E-state index in [1.54, 1.807) is 0 Å². The first-order chi connectivity index (χ1) is 11.1. The number of nitrogens with one attached hydrogen (secondary N) is 2. The van der Waals surface area contributed by atoms with Crippen LogP contribution in [-0.2, 0) is 4.79 Å². The third-order valence-electron chi connectivity index (χ3n) is 4.50. The SMILES string of the molecule is CCNCC1CCN(CC(=O)NC(C)c2ccc(Br)cc2)CC1. The van der Waals surface area contributed by atoms with E-state index in [-0.39, 0.29) is 11.9 Å². The fourth-order valence-corrected chi connectivity index (χ4v) is 3.29. The van der Waals surface area contributed by atoms with Crippen LogP contribution in [0.2, 0.25) is 0 Å². The predicted molar refractivity (Wildman–Crippen MR) is 98.4 cm³/mol. The Hall–Kier alpha value is -0.910. The van der Waals surface area contributed by atoms with Crippen molar-refractivity contribution in [1.29, 1.82) is 0 Å². The van der Waals surface area contributed by atoms with Gasteiger partial charge in [-0.25, -0.2) is 0 Å². The third-order valence-corrected chi connectivity index (χ3v) is 5.03. The molecule has 4 nitrogen and oxygen atoms in total. The molecule has 1 saturated heterocycles. The molecule has 1 aromatic rings. The Kier molecular flexibility index (Phi) is 7.53. The fraction of sp³-hybridized carbons (Fsp3) is 0.611. The van der Waals surface area contributed by atoms with Gasteiger partial charge in [-0.2, -0.15) is 0 Å². The monoisotopic (exact) mass is 381 g/mol. The van der Waals surface area contributed by atoms with E-state index >= 15 is 0 Å². The van der Waals surface area contributed by atoms with Crippen LogP contribution < -0.4 is 10.6 Å². The summed E-state index contributed by atoms with van der Waals surface area (Å²) in [6.45, 7) is 8.88. The van der Waals surface area contributed by atoms with Gasteiger partial charge >= 0.3 is 0 Å². The summed E-state index contributed by atoms with van der Waals surface area (Å²) < 4.78 is 1.06. The topological polar surface area (TPSA) is 44.4 Å². The molecule has 2 rings (SSSR count). The van der Waals surface area contributed by atoms with Gasteiger partial charge in [-0.15, -0.1) is 0 Å². The van der Waals surface area contributed by atoms with Crippen LogP contribution in [0.1, 0.15) is 38.3 Å². The number of amides is 1. The molecular weight excluding hydrogens is 354 g/mol. The van der Waals surface area contributed by atoms with Crippen LogP contribution in [-0.4, -0.2) is 43.5 Å². The minimum Gasteiger partial charge on any atom is -0.348 e. The molecule has 0 aliphatic carbocycles. The Morgan fingerprint density at radius 3 is 2.57 bits per heavy atom. The van der Waals surface area contributed by atoms with Gasteiger partial charge in [0.25, 0.3) is 0 Å². The highest BCUT2D eigenvalue weighted by Crippen LogP contribution is 2.18. The molecular formula is C18H28BrN3O. The van der Waals surface area contributed by atoms with Crippen LogP contribution in [0.5, 0.6) is 0 Å². The molecule has 0 radical (unpaired) electrons. The van der Waals surface area contributed by atoms with Crippen molar-refractivity contribution in [2.24, 2.45) is 5.92 Å². The summed E-state index contributed by atoms with van der Waals surface area (Å²) in [5.74, 6) is 0.876. The Morgan fingerprint density at radius 2 is 1.96 bits per heavy atom. The average molecular weight is 382 g/mol. The van der Waals surface area contributed by atoms with Gasteiger partial charge in [0.2, 0.25) is 5.91 Å². The van der Waals surface area contributed by atoms with E-state index in [4.69, 9.17) is 0 Å². The van der Waals surface area contributed by atoms with E-state index in [1.807, 2.05) is 31.2 Å². The average Bonchev–Trinajstić information content (AvgIpc) is 2.54. The molecule has 1 fully saturated rings. The molecule has 1 aliphatic rings. The van der Waals surface area contributed by atoms with E-state index in [0.717, 1.165) is 42.1 Å². The molecule has 2 N–H and O–H groups in total. The number of nitrogens with zero attached hydrogens (tertiary/aromatic N) is 1. The smallest absolute Gasteiger partial charge is 0.234 e. The van der Waals surface area contributed by atoms with Gasteiger partial charge < -0.3 is 10.6 Å². The van der Waals surface area contributed by atoms with E-state index < -0.39 is 0 Å². The normalized spacial score (nSPS) is 17.9. The van der Waals surface area contributed by atoms with E-state index in [0.29, 0.717) is 6.54 Å². The maximum atomic E-state index is 12.2. The Morgan fingerprint density at radius 1 is 1.30 bits per heavy atom. The van der Waals surface area contributed by atoms with Crippen LogP contribution in [0.4, 0.5) is 0 Å². The highest BCUT2D eigenvalue weighted by atomic mass is 79.9. The summed E-state index contributed by atoms with van der Waals surface area (Å²) in [5.41, 5.74) is 1.13. The Labute approximate surface area is 148 Å². The second kappa shape index (κ2) is 9.40.